The first-order valence-corrected chi connectivity index (χ1v) is 9.01. The molecule has 5 heteroatoms. The lowest BCUT2D eigenvalue weighted by Crippen LogP contribution is -2.12. The summed E-state index contributed by atoms with van der Waals surface area (Å²) in [7, 11) is 0. The van der Waals surface area contributed by atoms with Crippen molar-refractivity contribution in [2.24, 2.45) is 0 Å². The molecule has 0 fully saturated rings. The molecule has 0 saturated heterocycles. The van der Waals surface area contributed by atoms with E-state index in [2.05, 4.69) is 39.0 Å². The number of aryl methyl sites for hydroxylation is 1. The van der Waals surface area contributed by atoms with Gasteiger partial charge in [0.2, 0.25) is 5.91 Å². The van der Waals surface area contributed by atoms with Crippen molar-refractivity contribution in [1.29, 1.82) is 0 Å². The number of thiazole rings is 1. The Morgan fingerprint density at radius 3 is 2.73 bits per heavy atom. The summed E-state index contributed by atoms with van der Waals surface area (Å²) in [6.45, 7) is 0. The highest BCUT2D eigenvalue weighted by Gasteiger charge is 2.07. The number of para-hydroxylation sites is 2. The van der Waals surface area contributed by atoms with E-state index in [0.29, 0.717) is 6.42 Å². The lowest BCUT2D eigenvalue weighted by atomic mass is 10.2. The summed E-state index contributed by atoms with van der Waals surface area (Å²) >= 11 is 3.94. The van der Waals surface area contributed by atoms with E-state index in [-0.39, 0.29) is 5.91 Å². The molecule has 2 aromatic carbocycles. The largest absolute Gasteiger partial charge is 0.325 e. The average Bonchev–Trinajstić information content (AvgIpc) is 2.92. The third-order valence-corrected chi connectivity index (χ3v) is 5.32. The van der Waals surface area contributed by atoms with Crippen LogP contribution in [0.1, 0.15) is 17.8 Å². The number of hydrogen-bond acceptors (Lipinski definition) is 3. The van der Waals surface area contributed by atoms with Gasteiger partial charge in [-0.3, -0.25) is 4.79 Å². The summed E-state index contributed by atoms with van der Waals surface area (Å²) < 4.78 is 2.26. The van der Waals surface area contributed by atoms with Gasteiger partial charge >= 0.3 is 0 Å². The number of nitrogens with zero attached hydrogens (tertiary/aromatic N) is 1. The van der Waals surface area contributed by atoms with E-state index in [1.165, 1.54) is 4.70 Å². The molecule has 3 rings (SSSR count). The smallest absolute Gasteiger partial charge is 0.224 e. The van der Waals surface area contributed by atoms with E-state index in [1.54, 1.807) is 11.3 Å². The Balaban J connectivity index is 1.52. The SMILES string of the molecule is O=C(CCCc1nc2ccccc2s1)Nc1ccccc1I. The molecular formula is C17H15IN2OS. The molecule has 3 aromatic rings. The number of carbonyl (C=O) groups is 1. The molecule has 0 saturated carbocycles. The normalized spacial score (nSPS) is 10.8. The number of benzene rings is 2. The number of halogens is 1. The van der Waals surface area contributed by atoms with Gasteiger partial charge in [-0.2, -0.15) is 0 Å². The second kappa shape index (κ2) is 7.19. The molecule has 1 N–H and O–H groups in total. The predicted octanol–water partition coefficient (Wildman–Crippen LogP) is 4.86. The van der Waals surface area contributed by atoms with Crippen LogP contribution in [0, 0.1) is 3.57 Å². The van der Waals surface area contributed by atoms with Crippen LogP contribution in [0.15, 0.2) is 48.5 Å². The minimum absolute atomic E-state index is 0.0604. The minimum atomic E-state index is 0.0604. The van der Waals surface area contributed by atoms with Gasteiger partial charge in [0.25, 0.3) is 0 Å². The number of hydrogen-bond donors (Lipinski definition) is 1. The quantitative estimate of drug-likeness (QED) is 0.597. The fourth-order valence-corrected chi connectivity index (χ4v) is 3.73. The van der Waals surface area contributed by atoms with E-state index in [4.69, 9.17) is 0 Å². The van der Waals surface area contributed by atoms with Crippen LogP contribution in [0.4, 0.5) is 5.69 Å². The fourth-order valence-electron chi connectivity index (χ4n) is 2.20. The maximum absolute atomic E-state index is 12.0. The predicted molar refractivity (Wildman–Crippen MR) is 100 cm³/mol. The van der Waals surface area contributed by atoms with Crippen molar-refractivity contribution in [3.05, 3.63) is 57.1 Å². The van der Waals surface area contributed by atoms with Gasteiger partial charge in [-0.25, -0.2) is 4.98 Å². The Bertz CT molecular complexity index is 767. The van der Waals surface area contributed by atoms with E-state index < -0.39 is 0 Å². The Kier molecular flexibility index (Phi) is 5.04. The highest BCUT2D eigenvalue weighted by molar-refractivity contribution is 14.1. The van der Waals surface area contributed by atoms with Crippen LogP contribution in [-0.4, -0.2) is 10.9 Å². The van der Waals surface area contributed by atoms with Gasteiger partial charge in [-0.05, 0) is 59.7 Å². The van der Waals surface area contributed by atoms with Crippen LogP contribution in [0.2, 0.25) is 0 Å². The summed E-state index contributed by atoms with van der Waals surface area (Å²) in [5.41, 5.74) is 1.93. The molecule has 22 heavy (non-hydrogen) atoms. The van der Waals surface area contributed by atoms with Gasteiger partial charge in [0, 0.05) is 9.99 Å². The van der Waals surface area contributed by atoms with Crippen LogP contribution in [0.5, 0.6) is 0 Å². The molecule has 0 spiro atoms. The van der Waals surface area contributed by atoms with E-state index in [1.807, 2.05) is 42.5 Å². The topological polar surface area (TPSA) is 42.0 Å². The molecule has 0 bridgehead atoms. The van der Waals surface area contributed by atoms with E-state index >= 15 is 0 Å². The summed E-state index contributed by atoms with van der Waals surface area (Å²) in [5.74, 6) is 0.0604. The van der Waals surface area contributed by atoms with Crippen molar-refractivity contribution < 1.29 is 4.79 Å². The second-order valence-electron chi connectivity index (χ2n) is 4.96. The molecule has 0 aliphatic carbocycles. The average molecular weight is 422 g/mol. The molecule has 3 nitrogen and oxygen atoms in total. The number of nitrogens with one attached hydrogen (secondary N) is 1. The molecular weight excluding hydrogens is 407 g/mol. The van der Waals surface area contributed by atoms with Crippen molar-refractivity contribution >= 4 is 55.7 Å². The molecule has 0 unspecified atom stereocenters. The molecule has 0 radical (unpaired) electrons. The molecule has 112 valence electrons. The van der Waals surface area contributed by atoms with Gasteiger partial charge in [0.05, 0.1) is 20.9 Å². The Labute approximate surface area is 146 Å². The highest BCUT2D eigenvalue weighted by atomic mass is 127. The van der Waals surface area contributed by atoms with E-state index in [0.717, 1.165) is 32.6 Å². The summed E-state index contributed by atoms with van der Waals surface area (Å²) in [5, 5.41) is 4.06. The third-order valence-electron chi connectivity index (χ3n) is 3.28. The van der Waals surface area contributed by atoms with Crippen LogP contribution in [0.3, 0.4) is 0 Å². The Morgan fingerprint density at radius 2 is 1.91 bits per heavy atom. The third kappa shape index (κ3) is 3.84. The number of amides is 1. The van der Waals surface area contributed by atoms with Gasteiger partial charge in [-0.1, -0.05) is 24.3 Å². The second-order valence-corrected chi connectivity index (χ2v) is 7.23. The summed E-state index contributed by atoms with van der Waals surface area (Å²) in [6.07, 6.45) is 2.18. The van der Waals surface area contributed by atoms with Crippen LogP contribution < -0.4 is 5.32 Å². The first-order valence-electron chi connectivity index (χ1n) is 7.11. The molecule has 1 heterocycles. The monoisotopic (exact) mass is 422 g/mol. The van der Waals surface area contributed by atoms with Crippen molar-refractivity contribution in [3.63, 3.8) is 0 Å². The van der Waals surface area contributed by atoms with Crippen molar-refractivity contribution in [1.82, 2.24) is 4.98 Å². The summed E-state index contributed by atoms with van der Waals surface area (Å²) in [6, 6.07) is 15.9. The number of aromatic nitrogens is 1. The first-order chi connectivity index (χ1) is 10.7. The molecule has 0 aliphatic rings. The van der Waals surface area contributed by atoms with E-state index in [9.17, 15) is 4.79 Å². The fraction of sp³-hybridized carbons (Fsp3) is 0.176. The standard InChI is InChI=1S/C17H15IN2OS/c18-12-6-1-2-7-13(12)19-16(21)10-5-11-17-20-14-8-3-4-9-15(14)22-17/h1-4,6-9H,5,10-11H2,(H,19,21). The van der Waals surface area contributed by atoms with Gasteiger partial charge in [0.15, 0.2) is 0 Å². The van der Waals surface area contributed by atoms with Crippen LogP contribution >= 0.6 is 33.9 Å². The molecule has 0 atom stereocenters. The van der Waals surface area contributed by atoms with Crippen molar-refractivity contribution in [3.8, 4) is 0 Å². The Morgan fingerprint density at radius 1 is 1.14 bits per heavy atom. The van der Waals surface area contributed by atoms with Gasteiger partial charge in [0.1, 0.15) is 0 Å². The maximum Gasteiger partial charge on any atom is 0.224 e. The first kappa shape index (κ1) is 15.4. The Hall–Kier alpha value is -1.47. The number of anilines is 1. The van der Waals surface area contributed by atoms with Crippen molar-refractivity contribution in [2.75, 3.05) is 5.32 Å². The lowest BCUT2D eigenvalue weighted by Gasteiger charge is -2.06. The summed E-state index contributed by atoms with van der Waals surface area (Å²) in [4.78, 5) is 16.6. The van der Waals surface area contributed by atoms with Gasteiger partial charge < -0.3 is 5.32 Å². The lowest BCUT2D eigenvalue weighted by molar-refractivity contribution is -0.116. The number of carbonyl (C=O) groups excluding carboxylic acids is 1. The van der Waals surface area contributed by atoms with Crippen LogP contribution in [0.25, 0.3) is 10.2 Å². The zero-order chi connectivity index (χ0) is 15.4. The van der Waals surface area contributed by atoms with Crippen molar-refractivity contribution in [2.45, 2.75) is 19.3 Å². The maximum atomic E-state index is 12.0. The number of rotatable bonds is 5. The molecule has 1 amide bonds. The highest BCUT2D eigenvalue weighted by Crippen LogP contribution is 2.23. The zero-order valence-electron chi connectivity index (χ0n) is 11.9. The molecule has 0 aliphatic heterocycles. The zero-order valence-corrected chi connectivity index (χ0v) is 14.9. The molecule has 1 aromatic heterocycles. The minimum Gasteiger partial charge on any atom is -0.325 e. The number of fused-ring (bicyclic) bond motifs is 1. The van der Waals surface area contributed by atoms with Crippen LogP contribution in [-0.2, 0) is 11.2 Å². The van der Waals surface area contributed by atoms with Gasteiger partial charge in [-0.15, -0.1) is 11.3 Å².